The minimum Gasteiger partial charge on any atom is -0.483 e. The standard InChI is InChI=1S/C21H21F6N7O/c1-11-15(22)18(29-10-28-11)33-7-12-4-5-13(8-33)16(12)30-19-31-17-14(3-2-6-34(17)32-19)35-9-20(23,24)21(25,26)27/h2-3,6,10,12-13,16H,4-5,7-9H2,1H3,(H,30,32)/t12-,13+,16?. The highest BCUT2D eigenvalue weighted by atomic mass is 19.4. The average Bonchev–Trinajstić information content (AvgIpc) is 3.30. The van der Waals surface area contributed by atoms with Crippen LogP contribution < -0.4 is 15.0 Å². The van der Waals surface area contributed by atoms with Gasteiger partial charge in [-0.25, -0.2) is 18.9 Å². The van der Waals surface area contributed by atoms with E-state index in [2.05, 4.69) is 25.4 Å². The number of ether oxygens (including phenoxy) is 1. The lowest BCUT2D eigenvalue weighted by atomic mass is 9.92. The van der Waals surface area contributed by atoms with Gasteiger partial charge in [-0.3, -0.25) is 0 Å². The number of pyridine rings is 1. The number of rotatable bonds is 6. The molecule has 0 spiro atoms. The summed E-state index contributed by atoms with van der Waals surface area (Å²) in [7, 11) is 0. The predicted octanol–water partition coefficient (Wildman–Crippen LogP) is 3.87. The molecule has 0 radical (unpaired) electrons. The molecule has 3 aromatic heterocycles. The third-order valence-electron chi connectivity index (χ3n) is 6.52. The second kappa shape index (κ2) is 8.41. The Morgan fingerprint density at radius 2 is 1.83 bits per heavy atom. The van der Waals surface area contributed by atoms with Crippen LogP contribution in [0.5, 0.6) is 5.75 Å². The summed E-state index contributed by atoms with van der Waals surface area (Å²) >= 11 is 0. The van der Waals surface area contributed by atoms with Crippen LogP contribution in [-0.4, -0.2) is 62.4 Å². The molecule has 5 rings (SSSR count). The summed E-state index contributed by atoms with van der Waals surface area (Å²) in [5.74, 6) is -4.92. The monoisotopic (exact) mass is 501 g/mol. The Morgan fingerprint density at radius 3 is 2.51 bits per heavy atom. The molecule has 1 aliphatic heterocycles. The molecule has 2 fully saturated rings. The van der Waals surface area contributed by atoms with Crippen LogP contribution in [0.2, 0.25) is 0 Å². The maximum Gasteiger partial charge on any atom is 0.456 e. The van der Waals surface area contributed by atoms with E-state index < -0.39 is 24.5 Å². The number of alkyl halides is 5. The summed E-state index contributed by atoms with van der Waals surface area (Å²) < 4.78 is 84.5. The number of aromatic nitrogens is 5. The molecule has 2 bridgehead atoms. The third-order valence-corrected chi connectivity index (χ3v) is 6.52. The van der Waals surface area contributed by atoms with Crippen molar-refractivity contribution in [2.24, 2.45) is 11.8 Å². The molecular formula is C21H21F6N7O. The Bertz CT molecular complexity index is 1220. The summed E-state index contributed by atoms with van der Waals surface area (Å²) in [6.45, 7) is 0.847. The number of hydrogen-bond acceptors (Lipinski definition) is 7. The summed E-state index contributed by atoms with van der Waals surface area (Å²) in [4.78, 5) is 14.2. The molecule has 3 aromatic rings. The van der Waals surface area contributed by atoms with Gasteiger partial charge in [-0.2, -0.15) is 26.9 Å². The van der Waals surface area contributed by atoms with Crippen LogP contribution in [0.1, 0.15) is 18.5 Å². The summed E-state index contributed by atoms with van der Waals surface area (Å²) in [5, 5.41) is 7.54. The predicted molar refractivity (Wildman–Crippen MR) is 112 cm³/mol. The molecule has 0 amide bonds. The fraction of sp³-hybridized carbons (Fsp3) is 0.524. The van der Waals surface area contributed by atoms with Gasteiger partial charge in [0.15, 0.2) is 29.6 Å². The quantitative estimate of drug-likeness (QED) is 0.514. The number of aryl methyl sites for hydroxylation is 1. The van der Waals surface area contributed by atoms with Gasteiger partial charge in [-0.15, -0.1) is 5.10 Å². The minimum absolute atomic E-state index is 0.0105. The van der Waals surface area contributed by atoms with E-state index in [9.17, 15) is 26.3 Å². The van der Waals surface area contributed by atoms with Crippen LogP contribution in [0.4, 0.5) is 38.1 Å². The van der Waals surface area contributed by atoms with Crippen molar-refractivity contribution in [1.29, 1.82) is 0 Å². The topological polar surface area (TPSA) is 80.5 Å². The molecule has 1 saturated carbocycles. The Kier molecular flexibility index (Phi) is 5.63. The highest BCUT2D eigenvalue weighted by Gasteiger charge is 2.58. The van der Waals surface area contributed by atoms with E-state index in [4.69, 9.17) is 4.74 Å². The van der Waals surface area contributed by atoms with E-state index in [1.807, 2.05) is 4.90 Å². The average molecular weight is 501 g/mol. The molecule has 14 heteroatoms. The van der Waals surface area contributed by atoms with Crippen molar-refractivity contribution in [3.05, 3.63) is 36.2 Å². The van der Waals surface area contributed by atoms with Crippen LogP contribution in [0.25, 0.3) is 5.65 Å². The van der Waals surface area contributed by atoms with E-state index in [1.54, 1.807) is 6.92 Å². The molecule has 1 unspecified atom stereocenters. The smallest absolute Gasteiger partial charge is 0.456 e. The van der Waals surface area contributed by atoms with Gasteiger partial charge < -0.3 is 15.0 Å². The lowest BCUT2D eigenvalue weighted by Crippen LogP contribution is -2.48. The molecule has 2 aliphatic rings. The second-order valence-corrected chi connectivity index (χ2v) is 8.84. The largest absolute Gasteiger partial charge is 0.483 e. The highest BCUT2D eigenvalue weighted by Crippen LogP contribution is 2.40. The zero-order valence-corrected chi connectivity index (χ0v) is 18.4. The van der Waals surface area contributed by atoms with E-state index in [0.717, 1.165) is 12.8 Å². The fourth-order valence-corrected chi connectivity index (χ4v) is 4.75. The Hall–Kier alpha value is -3.32. The Balaban J connectivity index is 1.31. The number of nitrogens with one attached hydrogen (secondary N) is 1. The van der Waals surface area contributed by atoms with Crippen LogP contribution in [0, 0.1) is 24.6 Å². The normalized spacial score (nSPS) is 22.6. The first-order chi connectivity index (χ1) is 16.5. The van der Waals surface area contributed by atoms with Gasteiger partial charge in [-0.05, 0) is 43.7 Å². The lowest BCUT2D eigenvalue weighted by molar-refractivity contribution is -0.289. The number of fused-ring (bicyclic) bond motifs is 3. The van der Waals surface area contributed by atoms with Crippen molar-refractivity contribution in [2.75, 3.05) is 29.9 Å². The van der Waals surface area contributed by atoms with Gasteiger partial charge in [0.2, 0.25) is 5.95 Å². The highest BCUT2D eigenvalue weighted by molar-refractivity contribution is 5.56. The second-order valence-electron chi connectivity index (χ2n) is 8.84. The van der Waals surface area contributed by atoms with E-state index >= 15 is 0 Å². The van der Waals surface area contributed by atoms with Gasteiger partial charge in [0.1, 0.15) is 6.33 Å². The van der Waals surface area contributed by atoms with Gasteiger partial charge in [0.05, 0.1) is 5.69 Å². The van der Waals surface area contributed by atoms with Crippen LogP contribution in [0.3, 0.4) is 0 Å². The van der Waals surface area contributed by atoms with Crippen LogP contribution >= 0.6 is 0 Å². The lowest BCUT2D eigenvalue weighted by Gasteiger charge is -2.38. The zero-order chi connectivity index (χ0) is 25.0. The van der Waals surface area contributed by atoms with Crippen molar-refractivity contribution < 1.29 is 31.1 Å². The van der Waals surface area contributed by atoms with E-state index in [0.29, 0.717) is 13.1 Å². The number of anilines is 2. The third kappa shape index (κ3) is 4.29. The molecule has 0 aromatic carbocycles. The van der Waals surface area contributed by atoms with Gasteiger partial charge in [0.25, 0.3) is 0 Å². The summed E-state index contributed by atoms with van der Waals surface area (Å²) in [5.41, 5.74) is 0.291. The van der Waals surface area contributed by atoms with Crippen molar-refractivity contribution in [2.45, 2.75) is 37.9 Å². The van der Waals surface area contributed by atoms with Crippen LogP contribution in [0.15, 0.2) is 24.7 Å². The van der Waals surface area contributed by atoms with Crippen LogP contribution in [-0.2, 0) is 0 Å². The van der Waals surface area contributed by atoms with Crippen molar-refractivity contribution >= 4 is 17.4 Å². The molecule has 1 N–H and O–H groups in total. The minimum atomic E-state index is -5.72. The molecule has 8 nitrogen and oxygen atoms in total. The molecule has 1 aliphatic carbocycles. The zero-order valence-electron chi connectivity index (χ0n) is 18.4. The summed E-state index contributed by atoms with van der Waals surface area (Å²) in [6, 6.07) is 2.64. The molecule has 188 valence electrons. The maximum atomic E-state index is 14.5. The molecular weight excluding hydrogens is 480 g/mol. The van der Waals surface area contributed by atoms with Gasteiger partial charge in [0, 0.05) is 25.3 Å². The molecule has 4 heterocycles. The van der Waals surface area contributed by atoms with Crippen molar-refractivity contribution in [3.63, 3.8) is 0 Å². The number of hydrogen-bond donors (Lipinski definition) is 1. The molecule has 1 saturated heterocycles. The number of halogens is 6. The van der Waals surface area contributed by atoms with Crippen molar-refractivity contribution in [3.8, 4) is 5.75 Å². The van der Waals surface area contributed by atoms with Crippen molar-refractivity contribution in [1.82, 2.24) is 24.6 Å². The Labute approximate surface area is 195 Å². The first-order valence-corrected chi connectivity index (χ1v) is 10.9. The van der Waals surface area contributed by atoms with E-state index in [1.165, 1.54) is 29.2 Å². The summed E-state index contributed by atoms with van der Waals surface area (Å²) in [6.07, 6.45) is -1.10. The molecule has 3 atom stereocenters. The number of nitrogens with zero attached hydrogens (tertiary/aromatic N) is 6. The van der Waals surface area contributed by atoms with Gasteiger partial charge in [-0.1, -0.05) is 0 Å². The molecule has 35 heavy (non-hydrogen) atoms. The first kappa shape index (κ1) is 23.4. The van der Waals surface area contributed by atoms with Gasteiger partial charge >= 0.3 is 12.1 Å². The van der Waals surface area contributed by atoms with E-state index in [-0.39, 0.29) is 46.7 Å². The fourth-order valence-electron chi connectivity index (χ4n) is 4.75. The first-order valence-electron chi connectivity index (χ1n) is 10.9. The maximum absolute atomic E-state index is 14.5. The SMILES string of the molecule is Cc1ncnc(N2C[C@H]3CC[C@@H](C2)C3Nc2nc3c(OCC(F)(F)C(F)(F)F)cccn3n2)c1F. The Morgan fingerprint density at radius 1 is 1.11 bits per heavy atom. The number of piperidine rings is 1.